The molecule has 1 aromatic rings. The zero-order chi connectivity index (χ0) is 10.8. The van der Waals surface area contributed by atoms with Crippen molar-refractivity contribution in [3.63, 3.8) is 0 Å². The Labute approximate surface area is 89.3 Å². The van der Waals surface area contributed by atoms with Crippen molar-refractivity contribution < 1.29 is 13.2 Å². The number of alkyl halides is 4. The fourth-order valence-corrected chi connectivity index (χ4v) is 1.46. The molecule has 0 aromatic heterocycles. The van der Waals surface area contributed by atoms with Gasteiger partial charge >= 0.3 is 6.18 Å². The number of halogens is 4. The number of rotatable bonds is 2. The average molecular weight is 267 g/mol. The van der Waals surface area contributed by atoms with Crippen LogP contribution in [-0.4, -0.2) is 6.18 Å². The van der Waals surface area contributed by atoms with Crippen LogP contribution in [0.2, 0.25) is 0 Å². The van der Waals surface area contributed by atoms with Gasteiger partial charge in [0.25, 0.3) is 0 Å². The highest BCUT2D eigenvalue weighted by molar-refractivity contribution is 9.08. The summed E-state index contributed by atoms with van der Waals surface area (Å²) in [6.07, 6.45) is -4.16. The van der Waals surface area contributed by atoms with Crippen LogP contribution in [0.1, 0.15) is 24.0 Å². The molecule has 0 radical (unpaired) electrons. The van der Waals surface area contributed by atoms with Crippen LogP contribution in [0.3, 0.4) is 0 Å². The number of benzene rings is 1. The monoisotopic (exact) mass is 266 g/mol. The Morgan fingerprint density at radius 3 is 2.07 bits per heavy atom. The lowest BCUT2D eigenvalue weighted by Gasteiger charge is -2.15. The third-order valence-corrected chi connectivity index (χ3v) is 2.77. The van der Waals surface area contributed by atoms with Gasteiger partial charge in [-0.1, -0.05) is 40.2 Å². The summed E-state index contributed by atoms with van der Waals surface area (Å²) < 4.78 is 36.9. The Bertz CT molecular complexity index is 289. The van der Waals surface area contributed by atoms with E-state index in [2.05, 4.69) is 15.9 Å². The van der Waals surface area contributed by atoms with Crippen molar-refractivity contribution in [1.29, 1.82) is 0 Å². The highest BCUT2D eigenvalue weighted by atomic mass is 79.9. The fourth-order valence-electron chi connectivity index (χ4n) is 1.08. The molecule has 1 aromatic carbocycles. The molecule has 0 fully saturated rings. The molecule has 0 amide bonds. The van der Waals surface area contributed by atoms with Crippen molar-refractivity contribution in [3.05, 3.63) is 35.4 Å². The molecule has 0 saturated heterocycles. The van der Waals surface area contributed by atoms with Crippen molar-refractivity contribution in [3.8, 4) is 0 Å². The maximum atomic E-state index is 12.3. The van der Waals surface area contributed by atoms with Gasteiger partial charge in [0, 0.05) is 5.33 Å². The molecule has 0 aliphatic heterocycles. The topological polar surface area (TPSA) is 0 Å². The molecule has 0 N–H and O–H groups in total. The second-order valence-electron chi connectivity index (χ2n) is 3.14. The minimum absolute atomic E-state index is 0.308. The molecule has 1 atom stereocenters. The van der Waals surface area contributed by atoms with Crippen molar-refractivity contribution in [1.82, 2.24) is 0 Å². The molecule has 0 spiro atoms. The average Bonchev–Trinajstić information content (AvgIpc) is 2.15. The van der Waals surface area contributed by atoms with E-state index in [1.165, 1.54) is 19.1 Å². The van der Waals surface area contributed by atoms with Crippen LogP contribution in [0.4, 0.5) is 13.2 Å². The third-order valence-electron chi connectivity index (χ3n) is 2.13. The summed E-state index contributed by atoms with van der Waals surface area (Å²) in [5, 5.41) is 0.660. The Hall–Kier alpha value is -0.510. The SMILES string of the molecule is C[C@H](c1ccc(CBr)cc1)C(F)(F)F. The lowest BCUT2D eigenvalue weighted by atomic mass is 10.00. The molecule has 1 rings (SSSR count). The molecule has 0 unspecified atom stereocenters. The number of hydrogen-bond acceptors (Lipinski definition) is 0. The van der Waals surface area contributed by atoms with Crippen LogP contribution < -0.4 is 0 Å². The zero-order valence-corrected chi connectivity index (χ0v) is 9.19. The Balaban J connectivity index is 2.87. The zero-order valence-electron chi connectivity index (χ0n) is 7.61. The Morgan fingerprint density at radius 2 is 1.71 bits per heavy atom. The Kier molecular flexibility index (Phi) is 3.59. The van der Waals surface area contributed by atoms with Crippen LogP contribution in [0.5, 0.6) is 0 Å². The van der Waals surface area contributed by atoms with Crippen LogP contribution in [-0.2, 0) is 5.33 Å². The van der Waals surface area contributed by atoms with E-state index in [0.717, 1.165) is 5.56 Å². The van der Waals surface area contributed by atoms with Gasteiger partial charge in [-0.05, 0) is 18.1 Å². The van der Waals surface area contributed by atoms with E-state index in [4.69, 9.17) is 0 Å². The first-order chi connectivity index (χ1) is 6.45. The summed E-state index contributed by atoms with van der Waals surface area (Å²) in [4.78, 5) is 0. The van der Waals surface area contributed by atoms with E-state index >= 15 is 0 Å². The summed E-state index contributed by atoms with van der Waals surface area (Å²) in [6, 6.07) is 6.45. The van der Waals surface area contributed by atoms with Crippen LogP contribution in [0.15, 0.2) is 24.3 Å². The van der Waals surface area contributed by atoms with Crippen LogP contribution >= 0.6 is 15.9 Å². The predicted octanol–water partition coefficient (Wildman–Crippen LogP) is 4.25. The van der Waals surface area contributed by atoms with E-state index in [9.17, 15) is 13.2 Å². The molecule has 0 heterocycles. The summed E-state index contributed by atoms with van der Waals surface area (Å²) >= 11 is 3.24. The van der Waals surface area contributed by atoms with Gasteiger partial charge in [0.15, 0.2) is 0 Å². The van der Waals surface area contributed by atoms with E-state index in [1.54, 1.807) is 12.1 Å². The highest BCUT2D eigenvalue weighted by Crippen LogP contribution is 2.34. The highest BCUT2D eigenvalue weighted by Gasteiger charge is 2.36. The summed E-state index contributed by atoms with van der Waals surface area (Å²) in [6.45, 7) is 1.17. The summed E-state index contributed by atoms with van der Waals surface area (Å²) in [5.41, 5.74) is 1.28. The molecule has 4 heteroatoms. The Morgan fingerprint density at radius 1 is 1.21 bits per heavy atom. The van der Waals surface area contributed by atoms with Crippen molar-refractivity contribution in [2.45, 2.75) is 24.3 Å². The molecule has 0 aliphatic carbocycles. The fraction of sp³-hybridized carbons (Fsp3) is 0.400. The van der Waals surface area contributed by atoms with Gasteiger partial charge in [-0.3, -0.25) is 0 Å². The molecule has 0 nitrogen and oxygen atoms in total. The lowest BCUT2D eigenvalue weighted by molar-refractivity contribution is -0.146. The number of hydrogen-bond donors (Lipinski definition) is 0. The molecule has 0 aliphatic rings. The first-order valence-electron chi connectivity index (χ1n) is 4.16. The van der Waals surface area contributed by atoms with Crippen molar-refractivity contribution >= 4 is 15.9 Å². The molecule has 14 heavy (non-hydrogen) atoms. The molecule has 78 valence electrons. The molecular formula is C10H10BrF3. The van der Waals surface area contributed by atoms with Crippen molar-refractivity contribution in [2.75, 3.05) is 0 Å². The maximum Gasteiger partial charge on any atom is 0.395 e. The maximum absolute atomic E-state index is 12.3. The second kappa shape index (κ2) is 4.34. The molecule has 0 saturated carbocycles. The first-order valence-corrected chi connectivity index (χ1v) is 5.29. The van der Waals surface area contributed by atoms with E-state index in [-0.39, 0.29) is 0 Å². The summed E-state index contributed by atoms with van der Waals surface area (Å²) in [5.74, 6) is -1.40. The predicted molar refractivity (Wildman–Crippen MR) is 53.5 cm³/mol. The van der Waals surface area contributed by atoms with Gasteiger partial charge in [0.1, 0.15) is 0 Å². The van der Waals surface area contributed by atoms with Crippen LogP contribution in [0, 0.1) is 0 Å². The van der Waals surface area contributed by atoms with Gasteiger partial charge in [-0.25, -0.2) is 0 Å². The van der Waals surface area contributed by atoms with Crippen LogP contribution in [0.25, 0.3) is 0 Å². The standard InChI is InChI=1S/C10H10BrF3/c1-7(10(12,13)14)9-4-2-8(6-11)3-5-9/h2-5,7H,6H2,1H3/t7-/m1/s1. The smallest absolute Gasteiger partial charge is 0.170 e. The lowest BCUT2D eigenvalue weighted by Crippen LogP contribution is -2.17. The second-order valence-corrected chi connectivity index (χ2v) is 3.70. The van der Waals surface area contributed by atoms with Crippen molar-refractivity contribution in [2.24, 2.45) is 0 Å². The quantitative estimate of drug-likeness (QED) is 0.703. The van der Waals surface area contributed by atoms with Gasteiger partial charge in [-0.2, -0.15) is 13.2 Å². The molecule has 0 bridgehead atoms. The first kappa shape index (κ1) is 11.6. The van der Waals surface area contributed by atoms with E-state index < -0.39 is 12.1 Å². The minimum atomic E-state index is -4.16. The van der Waals surface area contributed by atoms with Gasteiger partial charge in [0.05, 0.1) is 5.92 Å². The normalized spacial score (nSPS) is 14.1. The third kappa shape index (κ3) is 2.74. The minimum Gasteiger partial charge on any atom is -0.170 e. The summed E-state index contributed by atoms with van der Waals surface area (Å²) in [7, 11) is 0. The largest absolute Gasteiger partial charge is 0.395 e. The van der Waals surface area contributed by atoms with Gasteiger partial charge < -0.3 is 0 Å². The molecular weight excluding hydrogens is 257 g/mol. The van der Waals surface area contributed by atoms with Gasteiger partial charge in [-0.15, -0.1) is 0 Å². The van der Waals surface area contributed by atoms with Gasteiger partial charge in [0.2, 0.25) is 0 Å². The van der Waals surface area contributed by atoms with E-state index in [1.807, 2.05) is 0 Å². The van der Waals surface area contributed by atoms with E-state index in [0.29, 0.717) is 10.9 Å².